The van der Waals surface area contributed by atoms with Crippen molar-refractivity contribution >= 4 is 5.96 Å². The number of benzene rings is 1. The maximum atomic E-state index is 5.89. The highest BCUT2D eigenvalue weighted by Gasteiger charge is 2.24. The monoisotopic (exact) mass is 303 g/mol. The van der Waals surface area contributed by atoms with Crippen LogP contribution in [0.25, 0.3) is 0 Å². The molecule has 0 amide bonds. The summed E-state index contributed by atoms with van der Waals surface area (Å²) in [5.41, 5.74) is 1.25. The van der Waals surface area contributed by atoms with Gasteiger partial charge in [0.05, 0.1) is 13.2 Å². The van der Waals surface area contributed by atoms with Gasteiger partial charge in [-0.1, -0.05) is 37.3 Å². The molecule has 22 heavy (non-hydrogen) atoms. The van der Waals surface area contributed by atoms with Crippen LogP contribution >= 0.6 is 0 Å². The molecule has 1 fully saturated rings. The molecule has 0 saturated carbocycles. The maximum absolute atomic E-state index is 5.89. The van der Waals surface area contributed by atoms with Crippen molar-refractivity contribution in [1.29, 1.82) is 0 Å². The van der Waals surface area contributed by atoms with Crippen LogP contribution in [0, 0.1) is 5.92 Å². The first-order valence-corrected chi connectivity index (χ1v) is 8.48. The van der Waals surface area contributed by atoms with Crippen LogP contribution in [0.1, 0.15) is 32.3 Å². The third-order valence-corrected chi connectivity index (χ3v) is 3.87. The highest BCUT2D eigenvalue weighted by molar-refractivity contribution is 5.80. The minimum absolute atomic E-state index is 0.606. The smallest absolute Gasteiger partial charge is 0.193 e. The molecule has 1 heterocycles. The molecule has 0 bridgehead atoms. The number of nitrogens with zero attached hydrogens (tertiary/aromatic N) is 2. The van der Waals surface area contributed by atoms with E-state index in [1.165, 1.54) is 12.0 Å². The Hall–Kier alpha value is -1.55. The van der Waals surface area contributed by atoms with Crippen LogP contribution in [0.5, 0.6) is 0 Å². The summed E-state index contributed by atoms with van der Waals surface area (Å²) in [7, 11) is 0. The molecule has 1 N–H and O–H groups in total. The lowest BCUT2D eigenvalue weighted by molar-refractivity contribution is 0.0907. The van der Waals surface area contributed by atoms with Gasteiger partial charge < -0.3 is 15.0 Å². The Morgan fingerprint density at radius 3 is 2.86 bits per heavy atom. The van der Waals surface area contributed by atoms with Gasteiger partial charge in [0.1, 0.15) is 0 Å². The standard InChI is InChI=1S/C18H29N3O/c1-3-11-20-18(19-4-2)21-12-10-17(13-21)15-22-14-16-8-6-5-7-9-16/h5-9,17H,3-4,10-15H2,1-2H3,(H,19,20). The average Bonchev–Trinajstić information content (AvgIpc) is 3.01. The largest absolute Gasteiger partial charge is 0.376 e. The molecule has 4 nitrogen and oxygen atoms in total. The Labute approximate surface area is 134 Å². The summed E-state index contributed by atoms with van der Waals surface area (Å²) < 4.78 is 5.89. The molecule has 1 aromatic carbocycles. The summed E-state index contributed by atoms with van der Waals surface area (Å²) in [5, 5.41) is 3.40. The summed E-state index contributed by atoms with van der Waals surface area (Å²) in [6.45, 7) is 9.77. The number of guanidine groups is 1. The predicted octanol–water partition coefficient (Wildman–Crippen LogP) is 2.90. The first kappa shape index (κ1) is 16.8. The van der Waals surface area contributed by atoms with E-state index < -0.39 is 0 Å². The second kappa shape index (κ2) is 9.46. The maximum Gasteiger partial charge on any atom is 0.193 e. The fourth-order valence-corrected chi connectivity index (χ4v) is 2.72. The zero-order valence-corrected chi connectivity index (χ0v) is 13.9. The van der Waals surface area contributed by atoms with Crippen LogP contribution < -0.4 is 5.32 Å². The molecule has 0 spiro atoms. The molecule has 1 aromatic rings. The van der Waals surface area contributed by atoms with Crippen molar-refractivity contribution in [3.05, 3.63) is 35.9 Å². The Kier molecular flexibility index (Phi) is 7.23. The third-order valence-electron chi connectivity index (χ3n) is 3.87. The van der Waals surface area contributed by atoms with Gasteiger partial charge in [-0.3, -0.25) is 4.99 Å². The molecule has 4 heteroatoms. The zero-order chi connectivity index (χ0) is 15.6. The number of hydrogen-bond donors (Lipinski definition) is 1. The van der Waals surface area contributed by atoms with Gasteiger partial charge in [-0.15, -0.1) is 0 Å². The molecule has 0 radical (unpaired) electrons. The van der Waals surface area contributed by atoms with Gasteiger partial charge in [0.2, 0.25) is 0 Å². The molecular formula is C18H29N3O. The number of rotatable bonds is 7. The highest BCUT2D eigenvalue weighted by atomic mass is 16.5. The van der Waals surface area contributed by atoms with Crippen LogP contribution in [0.3, 0.4) is 0 Å². The summed E-state index contributed by atoms with van der Waals surface area (Å²) in [6.07, 6.45) is 2.28. The van der Waals surface area contributed by atoms with Crippen LogP contribution in [0.15, 0.2) is 35.3 Å². The number of ether oxygens (including phenoxy) is 1. The molecule has 1 aliphatic heterocycles. The lowest BCUT2D eigenvalue weighted by Gasteiger charge is -2.21. The summed E-state index contributed by atoms with van der Waals surface area (Å²) in [4.78, 5) is 7.04. The van der Waals surface area contributed by atoms with Gasteiger partial charge in [0.15, 0.2) is 5.96 Å². The van der Waals surface area contributed by atoms with Gasteiger partial charge in [-0.25, -0.2) is 0 Å². The average molecular weight is 303 g/mol. The molecular weight excluding hydrogens is 274 g/mol. The van der Waals surface area contributed by atoms with E-state index in [9.17, 15) is 0 Å². The van der Waals surface area contributed by atoms with Crippen LogP contribution in [-0.2, 0) is 11.3 Å². The van der Waals surface area contributed by atoms with Crippen molar-refractivity contribution in [2.75, 3.05) is 32.8 Å². The van der Waals surface area contributed by atoms with E-state index in [1.807, 2.05) is 6.07 Å². The normalized spacial score (nSPS) is 18.7. The molecule has 0 aromatic heterocycles. The van der Waals surface area contributed by atoms with E-state index in [0.29, 0.717) is 12.5 Å². The lowest BCUT2D eigenvalue weighted by Crippen LogP contribution is -2.40. The van der Waals surface area contributed by atoms with Crippen LogP contribution in [-0.4, -0.2) is 43.6 Å². The van der Waals surface area contributed by atoms with Crippen molar-refractivity contribution in [2.45, 2.75) is 33.3 Å². The quantitative estimate of drug-likeness (QED) is 0.621. The van der Waals surface area contributed by atoms with Crippen molar-refractivity contribution < 1.29 is 4.74 Å². The minimum Gasteiger partial charge on any atom is -0.376 e. The Morgan fingerprint density at radius 2 is 2.14 bits per heavy atom. The second-order valence-corrected chi connectivity index (χ2v) is 5.84. The van der Waals surface area contributed by atoms with Gasteiger partial charge in [0.25, 0.3) is 0 Å². The van der Waals surface area contributed by atoms with E-state index >= 15 is 0 Å². The zero-order valence-electron chi connectivity index (χ0n) is 13.9. The lowest BCUT2D eigenvalue weighted by atomic mass is 10.1. The van der Waals surface area contributed by atoms with Crippen molar-refractivity contribution in [1.82, 2.24) is 10.2 Å². The van der Waals surface area contributed by atoms with Gasteiger partial charge in [-0.2, -0.15) is 0 Å². The van der Waals surface area contributed by atoms with Crippen molar-refractivity contribution in [3.63, 3.8) is 0 Å². The topological polar surface area (TPSA) is 36.9 Å². The first-order valence-electron chi connectivity index (χ1n) is 8.48. The minimum atomic E-state index is 0.606. The molecule has 1 aliphatic rings. The van der Waals surface area contributed by atoms with E-state index in [4.69, 9.17) is 4.74 Å². The highest BCUT2D eigenvalue weighted by Crippen LogP contribution is 2.17. The number of aliphatic imine (C=N–C) groups is 1. The Morgan fingerprint density at radius 1 is 1.32 bits per heavy atom. The second-order valence-electron chi connectivity index (χ2n) is 5.84. The Bertz CT molecular complexity index is 447. The number of hydrogen-bond acceptors (Lipinski definition) is 2. The van der Waals surface area contributed by atoms with E-state index in [2.05, 4.69) is 53.3 Å². The van der Waals surface area contributed by atoms with Crippen molar-refractivity contribution in [2.24, 2.45) is 10.9 Å². The fourth-order valence-electron chi connectivity index (χ4n) is 2.72. The summed E-state index contributed by atoms with van der Waals surface area (Å²) >= 11 is 0. The van der Waals surface area contributed by atoms with E-state index in [-0.39, 0.29) is 0 Å². The molecule has 2 rings (SSSR count). The molecule has 1 saturated heterocycles. The van der Waals surface area contributed by atoms with E-state index in [0.717, 1.165) is 45.2 Å². The molecule has 1 atom stereocenters. The molecule has 1 unspecified atom stereocenters. The van der Waals surface area contributed by atoms with Crippen molar-refractivity contribution in [3.8, 4) is 0 Å². The number of likely N-dealkylation sites (tertiary alicyclic amines) is 1. The first-order chi connectivity index (χ1) is 10.8. The SMILES string of the molecule is CCCN=C(NCC)N1CCC(COCc2ccccc2)C1. The van der Waals surface area contributed by atoms with Gasteiger partial charge >= 0.3 is 0 Å². The molecule has 122 valence electrons. The van der Waals surface area contributed by atoms with Crippen LogP contribution in [0.4, 0.5) is 0 Å². The number of nitrogens with one attached hydrogen (secondary N) is 1. The van der Waals surface area contributed by atoms with Gasteiger partial charge in [-0.05, 0) is 25.3 Å². The van der Waals surface area contributed by atoms with Gasteiger partial charge in [0, 0.05) is 32.1 Å². The van der Waals surface area contributed by atoms with E-state index in [1.54, 1.807) is 0 Å². The molecule has 0 aliphatic carbocycles. The predicted molar refractivity (Wildman–Crippen MR) is 92.0 cm³/mol. The summed E-state index contributed by atoms with van der Waals surface area (Å²) in [5.74, 6) is 1.67. The third kappa shape index (κ3) is 5.34. The Balaban J connectivity index is 1.74. The summed E-state index contributed by atoms with van der Waals surface area (Å²) in [6, 6.07) is 10.4. The fraction of sp³-hybridized carbons (Fsp3) is 0.611. The van der Waals surface area contributed by atoms with Crippen LogP contribution in [0.2, 0.25) is 0 Å².